The number of amides is 2. The van der Waals surface area contributed by atoms with Gasteiger partial charge in [-0.2, -0.15) is 0 Å². The lowest BCUT2D eigenvalue weighted by atomic mass is 9.94. The summed E-state index contributed by atoms with van der Waals surface area (Å²) >= 11 is 0. The Morgan fingerprint density at radius 3 is 2.31 bits per heavy atom. The van der Waals surface area contributed by atoms with Gasteiger partial charge in [0.2, 0.25) is 11.8 Å². The molecule has 0 fully saturated rings. The number of likely N-dealkylation sites (N-methyl/N-ethyl adjacent to an activating group) is 1. The zero-order valence-electron chi connectivity index (χ0n) is 10.4. The van der Waals surface area contributed by atoms with E-state index < -0.39 is 0 Å². The molecule has 4 N–H and O–H groups in total. The van der Waals surface area contributed by atoms with E-state index in [0.717, 1.165) is 6.42 Å². The molecule has 0 aliphatic rings. The maximum absolute atomic E-state index is 11.5. The number of carbonyl (C=O) groups excluding carboxylic acids is 2. The fraction of sp³-hybridized carbons (Fsp3) is 0.818. The van der Waals surface area contributed by atoms with Crippen LogP contribution in [0.2, 0.25) is 0 Å². The summed E-state index contributed by atoms with van der Waals surface area (Å²) in [6.07, 6.45) is 1.33. The van der Waals surface area contributed by atoms with Crippen molar-refractivity contribution in [1.82, 2.24) is 10.6 Å². The Bertz CT molecular complexity index is 229. The Kier molecular flexibility index (Phi) is 7.54. The SMILES string of the molecule is CNC(=O)CNC(=O)C[C@@H](CN)CC(C)C. The average molecular weight is 229 g/mol. The highest BCUT2D eigenvalue weighted by atomic mass is 16.2. The number of nitrogens with two attached hydrogens (primary N) is 1. The summed E-state index contributed by atoms with van der Waals surface area (Å²) in [4.78, 5) is 22.4. The lowest BCUT2D eigenvalue weighted by molar-refractivity contribution is -0.126. The minimum atomic E-state index is -0.193. The molecule has 2 amide bonds. The third kappa shape index (κ3) is 7.23. The molecule has 16 heavy (non-hydrogen) atoms. The second-order valence-corrected chi connectivity index (χ2v) is 4.39. The van der Waals surface area contributed by atoms with Gasteiger partial charge in [-0.3, -0.25) is 9.59 Å². The molecule has 0 unspecified atom stereocenters. The lowest BCUT2D eigenvalue weighted by Gasteiger charge is -2.16. The van der Waals surface area contributed by atoms with E-state index in [1.165, 1.54) is 7.05 Å². The second-order valence-electron chi connectivity index (χ2n) is 4.39. The highest BCUT2D eigenvalue weighted by Crippen LogP contribution is 2.13. The summed E-state index contributed by atoms with van der Waals surface area (Å²) in [5.74, 6) is 0.422. The van der Waals surface area contributed by atoms with Gasteiger partial charge in [0.25, 0.3) is 0 Å². The van der Waals surface area contributed by atoms with Gasteiger partial charge in [-0.25, -0.2) is 0 Å². The normalized spacial score (nSPS) is 12.3. The van der Waals surface area contributed by atoms with Gasteiger partial charge in [0.15, 0.2) is 0 Å². The van der Waals surface area contributed by atoms with Crippen LogP contribution in [0.15, 0.2) is 0 Å². The molecule has 0 aliphatic heterocycles. The van der Waals surface area contributed by atoms with Crippen molar-refractivity contribution >= 4 is 11.8 Å². The van der Waals surface area contributed by atoms with Crippen molar-refractivity contribution in [3.63, 3.8) is 0 Å². The van der Waals surface area contributed by atoms with Crippen molar-refractivity contribution in [2.45, 2.75) is 26.7 Å². The van der Waals surface area contributed by atoms with Crippen LogP contribution in [0.3, 0.4) is 0 Å². The van der Waals surface area contributed by atoms with Crippen LogP contribution in [0.1, 0.15) is 26.7 Å². The summed E-state index contributed by atoms with van der Waals surface area (Å²) < 4.78 is 0. The van der Waals surface area contributed by atoms with Gasteiger partial charge < -0.3 is 16.4 Å². The van der Waals surface area contributed by atoms with Gasteiger partial charge in [-0.1, -0.05) is 13.8 Å². The first-order valence-electron chi connectivity index (χ1n) is 5.66. The maximum Gasteiger partial charge on any atom is 0.239 e. The van der Waals surface area contributed by atoms with Crippen molar-refractivity contribution in [3.8, 4) is 0 Å². The molecule has 0 aromatic rings. The van der Waals surface area contributed by atoms with E-state index in [1.807, 2.05) is 0 Å². The highest BCUT2D eigenvalue weighted by Gasteiger charge is 2.14. The number of nitrogens with one attached hydrogen (secondary N) is 2. The lowest BCUT2D eigenvalue weighted by Crippen LogP contribution is -2.36. The third-order valence-electron chi connectivity index (χ3n) is 2.34. The van der Waals surface area contributed by atoms with Crippen molar-refractivity contribution in [2.24, 2.45) is 17.6 Å². The van der Waals surface area contributed by atoms with Gasteiger partial charge in [0.1, 0.15) is 0 Å². The first-order chi connectivity index (χ1) is 7.49. The van der Waals surface area contributed by atoms with Gasteiger partial charge in [-0.15, -0.1) is 0 Å². The molecule has 5 heteroatoms. The number of hydrogen-bond acceptors (Lipinski definition) is 3. The van der Waals surface area contributed by atoms with Gasteiger partial charge in [-0.05, 0) is 24.8 Å². The Labute approximate surface area is 97.2 Å². The molecule has 0 rings (SSSR count). The largest absolute Gasteiger partial charge is 0.358 e. The molecule has 0 aliphatic carbocycles. The Morgan fingerprint density at radius 2 is 1.88 bits per heavy atom. The molecule has 0 heterocycles. The smallest absolute Gasteiger partial charge is 0.239 e. The summed E-state index contributed by atoms with van der Waals surface area (Å²) in [5, 5.41) is 5.01. The molecule has 94 valence electrons. The van der Waals surface area contributed by atoms with Gasteiger partial charge in [0.05, 0.1) is 6.54 Å². The van der Waals surface area contributed by atoms with E-state index in [2.05, 4.69) is 24.5 Å². The van der Waals surface area contributed by atoms with Gasteiger partial charge >= 0.3 is 0 Å². The molecular formula is C11H23N3O2. The van der Waals surface area contributed by atoms with E-state index >= 15 is 0 Å². The predicted octanol–water partition coefficient (Wildman–Crippen LogP) is -0.140. The Morgan fingerprint density at radius 1 is 1.25 bits per heavy atom. The van der Waals surface area contributed by atoms with Crippen LogP contribution < -0.4 is 16.4 Å². The summed E-state index contributed by atoms with van der Waals surface area (Å²) in [7, 11) is 1.54. The van der Waals surface area contributed by atoms with E-state index in [-0.39, 0.29) is 24.3 Å². The first kappa shape index (κ1) is 14.9. The number of carbonyl (C=O) groups is 2. The maximum atomic E-state index is 11.5. The zero-order valence-corrected chi connectivity index (χ0v) is 10.4. The highest BCUT2D eigenvalue weighted by molar-refractivity contribution is 5.84. The molecule has 0 aromatic carbocycles. The quantitative estimate of drug-likeness (QED) is 0.568. The minimum Gasteiger partial charge on any atom is -0.358 e. The van der Waals surface area contributed by atoms with Crippen LogP contribution in [0.25, 0.3) is 0 Å². The third-order valence-corrected chi connectivity index (χ3v) is 2.34. The van der Waals surface area contributed by atoms with Gasteiger partial charge in [0, 0.05) is 13.5 Å². The zero-order chi connectivity index (χ0) is 12.6. The summed E-state index contributed by atoms with van der Waals surface area (Å²) in [5.41, 5.74) is 5.59. The fourth-order valence-corrected chi connectivity index (χ4v) is 1.53. The Hall–Kier alpha value is -1.10. The van der Waals surface area contributed by atoms with Crippen LogP contribution in [-0.4, -0.2) is 32.0 Å². The van der Waals surface area contributed by atoms with Crippen LogP contribution in [0.4, 0.5) is 0 Å². The predicted molar refractivity (Wildman–Crippen MR) is 63.7 cm³/mol. The molecular weight excluding hydrogens is 206 g/mol. The van der Waals surface area contributed by atoms with Crippen molar-refractivity contribution < 1.29 is 9.59 Å². The van der Waals surface area contributed by atoms with E-state index in [1.54, 1.807) is 0 Å². The Balaban J connectivity index is 3.87. The molecule has 0 saturated heterocycles. The molecule has 0 aromatic heterocycles. The van der Waals surface area contributed by atoms with E-state index in [9.17, 15) is 9.59 Å². The monoisotopic (exact) mass is 229 g/mol. The molecule has 5 nitrogen and oxygen atoms in total. The fourth-order valence-electron chi connectivity index (χ4n) is 1.53. The second kappa shape index (κ2) is 8.10. The molecule has 1 atom stereocenters. The van der Waals surface area contributed by atoms with Crippen LogP contribution in [-0.2, 0) is 9.59 Å². The summed E-state index contributed by atoms with van der Waals surface area (Å²) in [6, 6.07) is 0. The molecule has 0 radical (unpaired) electrons. The van der Waals surface area contributed by atoms with E-state index in [0.29, 0.717) is 18.9 Å². The molecule has 0 saturated carbocycles. The van der Waals surface area contributed by atoms with Crippen molar-refractivity contribution in [1.29, 1.82) is 0 Å². The van der Waals surface area contributed by atoms with Crippen molar-refractivity contribution in [2.75, 3.05) is 20.1 Å². The molecule has 0 spiro atoms. The number of hydrogen-bond donors (Lipinski definition) is 3. The topological polar surface area (TPSA) is 84.2 Å². The summed E-state index contributed by atoms with van der Waals surface area (Å²) in [6.45, 7) is 4.75. The minimum absolute atomic E-state index is 0.0360. The molecule has 0 bridgehead atoms. The van der Waals surface area contributed by atoms with Crippen LogP contribution in [0, 0.1) is 11.8 Å². The van der Waals surface area contributed by atoms with E-state index in [4.69, 9.17) is 5.73 Å². The number of rotatable bonds is 7. The first-order valence-corrected chi connectivity index (χ1v) is 5.66. The van der Waals surface area contributed by atoms with Crippen LogP contribution in [0.5, 0.6) is 0 Å². The van der Waals surface area contributed by atoms with Crippen LogP contribution >= 0.6 is 0 Å². The average Bonchev–Trinajstić information content (AvgIpc) is 2.24. The standard InChI is InChI=1S/C11H23N3O2/c1-8(2)4-9(6-12)5-10(15)14-7-11(16)13-3/h8-9H,4-7,12H2,1-3H3,(H,13,16)(H,14,15)/t9-/m0/s1. The van der Waals surface area contributed by atoms with Crippen molar-refractivity contribution in [3.05, 3.63) is 0 Å².